The molecule has 84 valence electrons. The molecule has 1 fully saturated rings. The summed E-state index contributed by atoms with van der Waals surface area (Å²) in [5, 5.41) is 11.2. The van der Waals surface area contributed by atoms with Crippen LogP contribution in [-0.4, -0.2) is 34.0 Å². The normalized spacial score (nSPS) is 18.8. The van der Waals surface area contributed by atoms with Crippen LogP contribution in [0.25, 0.3) is 0 Å². The van der Waals surface area contributed by atoms with Crippen LogP contribution < -0.4 is 5.32 Å². The summed E-state index contributed by atoms with van der Waals surface area (Å²) < 4.78 is 7.44. The van der Waals surface area contributed by atoms with E-state index in [0.29, 0.717) is 0 Å². The standard InChI is InChI=1S/C10H18N4O/c1-14-8-12-13-9(14)6-11-7-10(15-2)4-3-5-10/h8,11H,3-7H2,1-2H3. The van der Waals surface area contributed by atoms with Crippen molar-refractivity contribution >= 4 is 0 Å². The first kappa shape index (κ1) is 10.6. The Morgan fingerprint density at radius 2 is 2.40 bits per heavy atom. The van der Waals surface area contributed by atoms with Gasteiger partial charge in [0, 0.05) is 20.7 Å². The number of rotatable bonds is 5. The predicted octanol–water partition coefficient (Wildman–Crippen LogP) is 0.474. The van der Waals surface area contributed by atoms with Gasteiger partial charge in [-0.2, -0.15) is 0 Å². The lowest BCUT2D eigenvalue weighted by molar-refractivity contribution is -0.0696. The molecular weight excluding hydrogens is 192 g/mol. The number of aromatic nitrogens is 3. The van der Waals surface area contributed by atoms with E-state index in [-0.39, 0.29) is 5.60 Å². The smallest absolute Gasteiger partial charge is 0.146 e. The Morgan fingerprint density at radius 1 is 1.60 bits per heavy atom. The molecule has 0 aliphatic heterocycles. The van der Waals surface area contributed by atoms with Crippen LogP contribution in [0.3, 0.4) is 0 Å². The third-order valence-electron chi connectivity index (χ3n) is 3.23. The Balaban J connectivity index is 1.77. The quantitative estimate of drug-likeness (QED) is 0.767. The topological polar surface area (TPSA) is 52.0 Å². The van der Waals surface area contributed by atoms with Crippen LogP contribution in [0.15, 0.2) is 6.33 Å². The number of hydrogen-bond donors (Lipinski definition) is 1. The highest BCUT2D eigenvalue weighted by Crippen LogP contribution is 2.34. The highest BCUT2D eigenvalue weighted by atomic mass is 16.5. The molecule has 5 nitrogen and oxygen atoms in total. The summed E-state index contributed by atoms with van der Waals surface area (Å²) in [7, 11) is 3.75. The maximum absolute atomic E-state index is 5.52. The fourth-order valence-electron chi connectivity index (χ4n) is 1.89. The van der Waals surface area contributed by atoms with Gasteiger partial charge in [0.1, 0.15) is 12.2 Å². The maximum atomic E-state index is 5.52. The minimum atomic E-state index is 0.0819. The fraction of sp³-hybridized carbons (Fsp3) is 0.800. The largest absolute Gasteiger partial charge is 0.377 e. The first-order valence-electron chi connectivity index (χ1n) is 5.34. The molecule has 1 aliphatic rings. The van der Waals surface area contributed by atoms with Gasteiger partial charge < -0.3 is 14.6 Å². The highest BCUT2D eigenvalue weighted by Gasteiger charge is 2.36. The zero-order valence-electron chi connectivity index (χ0n) is 9.36. The van der Waals surface area contributed by atoms with Gasteiger partial charge in [-0.05, 0) is 19.3 Å². The van der Waals surface area contributed by atoms with E-state index in [0.717, 1.165) is 31.8 Å². The molecule has 0 spiro atoms. The average molecular weight is 210 g/mol. The number of nitrogens with one attached hydrogen (secondary N) is 1. The second-order valence-electron chi connectivity index (χ2n) is 4.20. The van der Waals surface area contributed by atoms with Gasteiger partial charge in [-0.3, -0.25) is 0 Å². The van der Waals surface area contributed by atoms with E-state index in [2.05, 4.69) is 15.5 Å². The van der Waals surface area contributed by atoms with Crippen LogP contribution in [0.5, 0.6) is 0 Å². The molecule has 1 aliphatic carbocycles. The Morgan fingerprint density at radius 3 is 2.87 bits per heavy atom. The Hall–Kier alpha value is -0.940. The lowest BCUT2D eigenvalue weighted by atomic mass is 9.80. The van der Waals surface area contributed by atoms with Gasteiger partial charge in [0.15, 0.2) is 0 Å². The lowest BCUT2D eigenvalue weighted by Gasteiger charge is -2.40. The van der Waals surface area contributed by atoms with Crippen molar-refractivity contribution < 1.29 is 4.74 Å². The van der Waals surface area contributed by atoms with E-state index in [1.807, 2.05) is 11.6 Å². The zero-order valence-corrected chi connectivity index (χ0v) is 9.36. The lowest BCUT2D eigenvalue weighted by Crippen LogP contribution is -2.47. The van der Waals surface area contributed by atoms with Crippen molar-refractivity contribution in [3.05, 3.63) is 12.2 Å². The molecule has 0 radical (unpaired) electrons. The van der Waals surface area contributed by atoms with Crippen LogP contribution in [0, 0.1) is 0 Å². The monoisotopic (exact) mass is 210 g/mol. The van der Waals surface area contributed by atoms with E-state index in [9.17, 15) is 0 Å². The molecule has 2 rings (SSSR count). The summed E-state index contributed by atoms with van der Waals surface area (Å²) in [6.07, 6.45) is 5.32. The molecule has 0 aromatic carbocycles. The van der Waals surface area contributed by atoms with Gasteiger partial charge in [-0.25, -0.2) is 0 Å². The van der Waals surface area contributed by atoms with E-state index >= 15 is 0 Å². The van der Waals surface area contributed by atoms with Crippen molar-refractivity contribution in [2.75, 3.05) is 13.7 Å². The molecule has 1 saturated carbocycles. The van der Waals surface area contributed by atoms with Crippen LogP contribution >= 0.6 is 0 Å². The summed E-state index contributed by atoms with van der Waals surface area (Å²) in [5.74, 6) is 0.959. The fourth-order valence-corrected chi connectivity index (χ4v) is 1.89. The van der Waals surface area contributed by atoms with Crippen LogP contribution in [0.1, 0.15) is 25.1 Å². The highest BCUT2D eigenvalue weighted by molar-refractivity contribution is 4.92. The number of nitrogens with zero attached hydrogens (tertiary/aromatic N) is 3. The van der Waals surface area contributed by atoms with Crippen molar-refractivity contribution in [3.8, 4) is 0 Å². The number of ether oxygens (including phenoxy) is 1. The molecule has 0 atom stereocenters. The second-order valence-corrected chi connectivity index (χ2v) is 4.20. The summed E-state index contributed by atoms with van der Waals surface area (Å²) in [6.45, 7) is 1.65. The predicted molar refractivity (Wildman–Crippen MR) is 56.3 cm³/mol. The SMILES string of the molecule is COC1(CNCc2nncn2C)CCC1. The van der Waals surface area contributed by atoms with Crippen molar-refractivity contribution in [3.63, 3.8) is 0 Å². The van der Waals surface area contributed by atoms with Gasteiger partial charge in [-0.15, -0.1) is 10.2 Å². The Bertz CT molecular complexity index is 313. The molecule has 1 aromatic heterocycles. The minimum Gasteiger partial charge on any atom is -0.377 e. The molecule has 1 heterocycles. The summed E-state index contributed by atoms with van der Waals surface area (Å²) in [4.78, 5) is 0. The minimum absolute atomic E-state index is 0.0819. The molecule has 0 saturated heterocycles. The van der Waals surface area contributed by atoms with E-state index < -0.39 is 0 Å². The van der Waals surface area contributed by atoms with Gasteiger partial charge in [0.05, 0.1) is 12.1 Å². The third kappa shape index (κ3) is 2.18. The second kappa shape index (κ2) is 4.28. The van der Waals surface area contributed by atoms with Gasteiger partial charge in [0.25, 0.3) is 0 Å². The molecule has 1 aromatic rings. The molecule has 0 amide bonds. The molecule has 15 heavy (non-hydrogen) atoms. The molecule has 1 N–H and O–H groups in total. The first-order chi connectivity index (χ1) is 7.26. The van der Waals surface area contributed by atoms with Crippen LogP contribution in [0.4, 0.5) is 0 Å². The van der Waals surface area contributed by atoms with Crippen molar-refractivity contribution in [1.82, 2.24) is 20.1 Å². The molecule has 5 heteroatoms. The van der Waals surface area contributed by atoms with E-state index in [1.165, 1.54) is 6.42 Å². The first-order valence-corrected chi connectivity index (χ1v) is 5.34. The number of hydrogen-bond acceptors (Lipinski definition) is 4. The van der Waals surface area contributed by atoms with Crippen molar-refractivity contribution in [1.29, 1.82) is 0 Å². The van der Waals surface area contributed by atoms with Gasteiger partial charge in [-0.1, -0.05) is 0 Å². The summed E-state index contributed by atoms with van der Waals surface area (Å²) in [5.41, 5.74) is 0.0819. The van der Waals surface area contributed by atoms with Crippen molar-refractivity contribution in [2.24, 2.45) is 7.05 Å². The number of aryl methyl sites for hydroxylation is 1. The number of methoxy groups -OCH3 is 1. The molecular formula is C10H18N4O. The van der Waals surface area contributed by atoms with Crippen LogP contribution in [0.2, 0.25) is 0 Å². The summed E-state index contributed by atoms with van der Waals surface area (Å²) in [6, 6.07) is 0. The molecule has 0 bridgehead atoms. The zero-order chi connectivity index (χ0) is 10.7. The average Bonchev–Trinajstić information content (AvgIpc) is 2.57. The van der Waals surface area contributed by atoms with E-state index in [4.69, 9.17) is 4.74 Å². The van der Waals surface area contributed by atoms with Gasteiger partial charge >= 0.3 is 0 Å². The van der Waals surface area contributed by atoms with E-state index in [1.54, 1.807) is 13.4 Å². The Labute approximate surface area is 89.8 Å². The van der Waals surface area contributed by atoms with Crippen LogP contribution in [-0.2, 0) is 18.3 Å². The Kier molecular flexibility index (Phi) is 3.02. The summed E-state index contributed by atoms with van der Waals surface area (Å²) >= 11 is 0. The molecule has 0 unspecified atom stereocenters. The maximum Gasteiger partial charge on any atom is 0.146 e. The van der Waals surface area contributed by atoms with Gasteiger partial charge in [0.2, 0.25) is 0 Å². The third-order valence-corrected chi connectivity index (χ3v) is 3.23. The van der Waals surface area contributed by atoms with Crippen molar-refractivity contribution in [2.45, 2.75) is 31.4 Å².